The van der Waals surface area contributed by atoms with Crippen molar-refractivity contribution in [3.8, 4) is 0 Å². The number of benzene rings is 2. The van der Waals surface area contributed by atoms with E-state index < -0.39 is 25.7 Å². The number of carbonyl (C=O) groups is 1. The van der Waals surface area contributed by atoms with Crippen LogP contribution in [0.5, 0.6) is 0 Å². The molecule has 0 aliphatic heterocycles. The number of hydrogen-bond donors (Lipinski definition) is 1. The Morgan fingerprint density at radius 1 is 1.00 bits per heavy atom. The van der Waals surface area contributed by atoms with E-state index in [4.69, 9.17) is 0 Å². The number of amides is 1. The molecular formula is C20H25FN2O5S2. The van der Waals surface area contributed by atoms with Crippen LogP contribution < -0.4 is 9.62 Å². The van der Waals surface area contributed by atoms with Gasteiger partial charge in [0.1, 0.15) is 5.82 Å². The number of carbonyl (C=O) groups excluding carboxylic acids is 1. The molecule has 10 heteroatoms. The lowest BCUT2D eigenvalue weighted by atomic mass is 10.1. The van der Waals surface area contributed by atoms with E-state index in [-0.39, 0.29) is 36.2 Å². The van der Waals surface area contributed by atoms with Gasteiger partial charge in [0.2, 0.25) is 15.9 Å². The highest BCUT2D eigenvalue weighted by atomic mass is 32.2. The number of sulfonamides is 1. The first-order valence-corrected chi connectivity index (χ1v) is 12.9. The molecule has 0 heterocycles. The zero-order valence-electron chi connectivity index (χ0n) is 17.0. The average Bonchev–Trinajstić information content (AvgIpc) is 2.64. The maximum atomic E-state index is 13.1. The van der Waals surface area contributed by atoms with Crippen molar-refractivity contribution in [3.05, 3.63) is 59.9 Å². The molecule has 0 aromatic heterocycles. The topological polar surface area (TPSA) is 101 Å². The monoisotopic (exact) mass is 456 g/mol. The number of sulfone groups is 1. The fourth-order valence-corrected chi connectivity index (χ4v) is 4.47. The second-order valence-electron chi connectivity index (χ2n) is 7.05. The smallest absolute Gasteiger partial charge is 0.232 e. The van der Waals surface area contributed by atoms with Crippen molar-refractivity contribution >= 4 is 31.5 Å². The van der Waals surface area contributed by atoms with Gasteiger partial charge in [0.25, 0.3) is 0 Å². The van der Waals surface area contributed by atoms with Crippen molar-refractivity contribution in [2.24, 2.45) is 0 Å². The standard InChI is InChI=1S/C20H25FN2O5S2/c1-15(16-6-12-19(13-7-16)29(2,25)26)22-20(24)5-4-14-23(30(3,27)28)18-10-8-17(21)9-11-18/h6-13,15H,4-5,14H2,1-3H3,(H,22,24). The van der Waals surface area contributed by atoms with Gasteiger partial charge < -0.3 is 5.32 Å². The number of nitrogens with zero attached hydrogens (tertiary/aromatic N) is 1. The molecule has 1 unspecified atom stereocenters. The quantitative estimate of drug-likeness (QED) is 0.625. The minimum atomic E-state index is -3.58. The van der Waals surface area contributed by atoms with Crippen molar-refractivity contribution in [2.45, 2.75) is 30.7 Å². The van der Waals surface area contributed by atoms with E-state index in [0.717, 1.165) is 22.4 Å². The minimum Gasteiger partial charge on any atom is -0.350 e. The van der Waals surface area contributed by atoms with Gasteiger partial charge in [0.05, 0.1) is 22.9 Å². The summed E-state index contributed by atoms with van der Waals surface area (Å²) in [6.07, 6.45) is 2.55. The lowest BCUT2D eigenvalue weighted by molar-refractivity contribution is -0.121. The fraction of sp³-hybridized carbons (Fsp3) is 0.350. The second kappa shape index (κ2) is 9.57. The molecule has 2 aromatic rings. The largest absolute Gasteiger partial charge is 0.350 e. The van der Waals surface area contributed by atoms with E-state index >= 15 is 0 Å². The highest BCUT2D eigenvalue weighted by Gasteiger charge is 2.18. The molecule has 30 heavy (non-hydrogen) atoms. The molecule has 1 N–H and O–H groups in total. The normalized spacial score (nSPS) is 12.9. The lowest BCUT2D eigenvalue weighted by Crippen LogP contribution is -2.32. The summed E-state index contributed by atoms with van der Waals surface area (Å²) in [6.45, 7) is 1.85. The number of rotatable bonds is 9. The van der Waals surface area contributed by atoms with E-state index in [1.807, 2.05) is 0 Å². The van der Waals surface area contributed by atoms with Gasteiger partial charge >= 0.3 is 0 Å². The molecule has 0 aliphatic carbocycles. The zero-order valence-corrected chi connectivity index (χ0v) is 18.6. The molecule has 2 aromatic carbocycles. The van der Waals surface area contributed by atoms with Crippen molar-refractivity contribution in [2.75, 3.05) is 23.4 Å². The van der Waals surface area contributed by atoms with Crippen molar-refractivity contribution in [1.29, 1.82) is 0 Å². The molecule has 0 aliphatic rings. The van der Waals surface area contributed by atoms with E-state index in [2.05, 4.69) is 5.32 Å². The van der Waals surface area contributed by atoms with E-state index in [1.54, 1.807) is 19.1 Å². The molecule has 1 atom stereocenters. The Bertz CT molecular complexity index is 1080. The number of halogens is 1. The van der Waals surface area contributed by atoms with Gasteiger partial charge in [-0.05, 0) is 55.3 Å². The maximum Gasteiger partial charge on any atom is 0.232 e. The molecule has 0 radical (unpaired) electrons. The number of nitrogens with one attached hydrogen (secondary N) is 1. The molecule has 0 saturated heterocycles. The van der Waals surface area contributed by atoms with Crippen LogP contribution in [0.15, 0.2) is 53.4 Å². The Morgan fingerprint density at radius 3 is 2.07 bits per heavy atom. The molecule has 7 nitrogen and oxygen atoms in total. The first-order chi connectivity index (χ1) is 13.9. The predicted octanol–water partition coefficient (Wildman–Crippen LogP) is 2.65. The van der Waals surface area contributed by atoms with E-state index in [9.17, 15) is 26.0 Å². The highest BCUT2D eigenvalue weighted by molar-refractivity contribution is 7.92. The summed E-state index contributed by atoms with van der Waals surface area (Å²) >= 11 is 0. The lowest BCUT2D eigenvalue weighted by Gasteiger charge is -2.22. The van der Waals surface area contributed by atoms with Crippen molar-refractivity contribution < 1.29 is 26.0 Å². The predicted molar refractivity (Wildman–Crippen MR) is 114 cm³/mol. The van der Waals surface area contributed by atoms with Crippen LogP contribution in [0.3, 0.4) is 0 Å². The summed E-state index contributed by atoms with van der Waals surface area (Å²) in [5.74, 6) is -0.729. The third-order valence-electron chi connectivity index (χ3n) is 4.47. The third-order valence-corrected chi connectivity index (χ3v) is 6.79. The summed E-state index contributed by atoms with van der Waals surface area (Å²) in [5.41, 5.74) is 1.08. The number of hydrogen-bond acceptors (Lipinski definition) is 5. The molecule has 2 rings (SSSR count). The molecule has 0 spiro atoms. The Balaban J connectivity index is 1.93. The molecule has 0 saturated carbocycles. The first-order valence-electron chi connectivity index (χ1n) is 9.20. The Hall–Kier alpha value is -2.46. The molecule has 0 bridgehead atoms. The summed E-state index contributed by atoms with van der Waals surface area (Å²) in [4.78, 5) is 12.4. The van der Waals surface area contributed by atoms with Crippen LogP contribution in [0, 0.1) is 5.82 Å². The van der Waals surface area contributed by atoms with Crippen LogP contribution in [0.1, 0.15) is 31.4 Å². The van der Waals surface area contributed by atoms with Crippen LogP contribution in [-0.4, -0.2) is 41.8 Å². The van der Waals surface area contributed by atoms with Gasteiger partial charge in [-0.1, -0.05) is 12.1 Å². The van der Waals surface area contributed by atoms with Crippen LogP contribution in [-0.2, 0) is 24.7 Å². The summed E-state index contributed by atoms with van der Waals surface area (Å²) < 4.78 is 61.4. The van der Waals surface area contributed by atoms with E-state index in [1.165, 1.54) is 36.4 Å². The zero-order chi connectivity index (χ0) is 22.5. The van der Waals surface area contributed by atoms with Crippen LogP contribution in [0.2, 0.25) is 0 Å². The first kappa shape index (κ1) is 23.8. The van der Waals surface area contributed by atoms with E-state index in [0.29, 0.717) is 5.69 Å². The highest BCUT2D eigenvalue weighted by Crippen LogP contribution is 2.19. The van der Waals surface area contributed by atoms with Crippen LogP contribution >= 0.6 is 0 Å². The summed E-state index contributed by atoms with van der Waals surface area (Å²) in [6, 6.07) is 11.0. The Morgan fingerprint density at radius 2 is 1.57 bits per heavy atom. The van der Waals surface area contributed by atoms with Gasteiger partial charge in [-0.25, -0.2) is 21.2 Å². The van der Waals surface area contributed by atoms with Crippen LogP contribution in [0.4, 0.5) is 10.1 Å². The van der Waals surface area contributed by atoms with Crippen LogP contribution in [0.25, 0.3) is 0 Å². The van der Waals surface area contributed by atoms with Gasteiger partial charge in [-0.15, -0.1) is 0 Å². The third kappa shape index (κ3) is 6.81. The van der Waals surface area contributed by atoms with Crippen molar-refractivity contribution in [1.82, 2.24) is 5.32 Å². The van der Waals surface area contributed by atoms with Crippen molar-refractivity contribution in [3.63, 3.8) is 0 Å². The van der Waals surface area contributed by atoms with Gasteiger partial charge in [0.15, 0.2) is 9.84 Å². The SMILES string of the molecule is CC(NC(=O)CCCN(c1ccc(F)cc1)S(C)(=O)=O)c1ccc(S(C)(=O)=O)cc1. The second-order valence-corrected chi connectivity index (χ2v) is 11.0. The van der Waals surface area contributed by atoms with Gasteiger partial charge in [0, 0.05) is 19.2 Å². The summed E-state index contributed by atoms with van der Waals surface area (Å²) in [5, 5.41) is 2.81. The average molecular weight is 457 g/mol. The Labute approximate surface area is 176 Å². The molecule has 1 amide bonds. The molecular weight excluding hydrogens is 431 g/mol. The maximum absolute atomic E-state index is 13.1. The van der Waals surface area contributed by atoms with Gasteiger partial charge in [-0.3, -0.25) is 9.10 Å². The van der Waals surface area contributed by atoms with Gasteiger partial charge in [-0.2, -0.15) is 0 Å². The number of anilines is 1. The Kier molecular flexibility index (Phi) is 7.59. The molecule has 164 valence electrons. The minimum absolute atomic E-state index is 0.0787. The molecule has 0 fully saturated rings. The fourth-order valence-electron chi connectivity index (χ4n) is 2.88. The summed E-state index contributed by atoms with van der Waals surface area (Å²) in [7, 11) is -6.87.